The summed E-state index contributed by atoms with van der Waals surface area (Å²) in [5.41, 5.74) is 1.73. The molecule has 26 heavy (non-hydrogen) atoms. The number of nitrogen functional groups attached to an aromatic ring is 1. The Labute approximate surface area is 164 Å². The van der Waals surface area contributed by atoms with Gasteiger partial charge in [0.25, 0.3) is 0 Å². The standard InChI is InChI=1S/C17H15Cl2N5OS/c18-13-6-4-11(5-7-13)9-21-15(25)10-26-17-23-22-16(24(17)20)12-2-1-3-14(19)8-12/h1-8H,9-10,20H2,(H,21,25). The molecule has 0 unspecified atom stereocenters. The number of aromatic nitrogens is 3. The van der Waals surface area contributed by atoms with Crippen LogP contribution in [-0.4, -0.2) is 26.5 Å². The summed E-state index contributed by atoms with van der Waals surface area (Å²) in [5.74, 6) is 6.57. The fraction of sp³-hybridized carbons (Fsp3) is 0.118. The second-order valence-corrected chi connectivity index (χ2v) is 7.19. The summed E-state index contributed by atoms with van der Waals surface area (Å²) in [5, 5.41) is 12.6. The number of thioether (sulfide) groups is 1. The Morgan fingerprint density at radius 3 is 2.62 bits per heavy atom. The number of nitrogens with zero attached hydrogens (tertiary/aromatic N) is 3. The molecule has 2 aromatic carbocycles. The summed E-state index contributed by atoms with van der Waals surface area (Å²) in [6, 6.07) is 14.5. The van der Waals surface area contributed by atoms with Crippen molar-refractivity contribution in [2.24, 2.45) is 0 Å². The smallest absolute Gasteiger partial charge is 0.230 e. The third-order valence-corrected chi connectivity index (χ3v) is 4.91. The van der Waals surface area contributed by atoms with Gasteiger partial charge in [0.15, 0.2) is 5.82 Å². The molecule has 0 saturated carbocycles. The summed E-state index contributed by atoms with van der Waals surface area (Å²) in [6.07, 6.45) is 0. The minimum absolute atomic E-state index is 0.128. The molecule has 1 aromatic heterocycles. The Morgan fingerprint density at radius 2 is 1.88 bits per heavy atom. The molecule has 1 amide bonds. The van der Waals surface area contributed by atoms with Crippen LogP contribution in [-0.2, 0) is 11.3 Å². The molecule has 0 aliphatic rings. The first-order valence-electron chi connectivity index (χ1n) is 7.63. The van der Waals surface area contributed by atoms with E-state index in [1.165, 1.54) is 16.4 Å². The number of halogens is 2. The van der Waals surface area contributed by atoms with E-state index in [4.69, 9.17) is 29.0 Å². The topological polar surface area (TPSA) is 85.8 Å². The molecule has 9 heteroatoms. The van der Waals surface area contributed by atoms with Gasteiger partial charge in [0.05, 0.1) is 5.75 Å². The zero-order chi connectivity index (χ0) is 18.5. The summed E-state index contributed by atoms with van der Waals surface area (Å²) >= 11 is 13.0. The number of rotatable bonds is 6. The Balaban J connectivity index is 1.56. The molecule has 3 aromatic rings. The predicted octanol–water partition coefficient (Wildman–Crippen LogP) is 3.37. The molecular formula is C17H15Cl2N5OS. The highest BCUT2D eigenvalue weighted by Crippen LogP contribution is 2.23. The van der Waals surface area contributed by atoms with E-state index >= 15 is 0 Å². The molecule has 0 radical (unpaired) electrons. The second kappa shape index (κ2) is 8.44. The predicted molar refractivity (Wildman–Crippen MR) is 105 cm³/mol. The lowest BCUT2D eigenvalue weighted by atomic mass is 10.2. The van der Waals surface area contributed by atoms with Gasteiger partial charge >= 0.3 is 0 Å². The molecule has 3 rings (SSSR count). The summed E-state index contributed by atoms with van der Waals surface area (Å²) in [4.78, 5) is 12.0. The van der Waals surface area contributed by atoms with Crippen molar-refractivity contribution in [1.29, 1.82) is 0 Å². The highest BCUT2D eigenvalue weighted by atomic mass is 35.5. The number of hydrogen-bond acceptors (Lipinski definition) is 5. The molecule has 1 heterocycles. The van der Waals surface area contributed by atoms with E-state index in [0.717, 1.165) is 11.1 Å². The third-order valence-electron chi connectivity index (χ3n) is 3.48. The average Bonchev–Trinajstić information content (AvgIpc) is 3.00. The molecule has 134 valence electrons. The second-order valence-electron chi connectivity index (χ2n) is 5.38. The molecule has 0 spiro atoms. The van der Waals surface area contributed by atoms with Crippen LogP contribution >= 0.6 is 35.0 Å². The van der Waals surface area contributed by atoms with Crippen molar-refractivity contribution in [2.75, 3.05) is 11.6 Å². The monoisotopic (exact) mass is 407 g/mol. The van der Waals surface area contributed by atoms with Crippen LogP contribution in [0.3, 0.4) is 0 Å². The van der Waals surface area contributed by atoms with Gasteiger partial charge in [-0.3, -0.25) is 4.79 Å². The quantitative estimate of drug-likeness (QED) is 0.483. The first kappa shape index (κ1) is 18.6. The molecule has 3 N–H and O–H groups in total. The number of benzene rings is 2. The normalized spacial score (nSPS) is 10.7. The number of amides is 1. The van der Waals surface area contributed by atoms with Crippen molar-refractivity contribution in [3.05, 3.63) is 64.1 Å². The average molecular weight is 408 g/mol. The van der Waals surface area contributed by atoms with E-state index in [0.29, 0.717) is 27.6 Å². The maximum absolute atomic E-state index is 12.0. The maximum Gasteiger partial charge on any atom is 0.230 e. The van der Waals surface area contributed by atoms with E-state index in [-0.39, 0.29) is 11.7 Å². The van der Waals surface area contributed by atoms with Crippen molar-refractivity contribution in [2.45, 2.75) is 11.7 Å². The SMILES string of the molecule is Nn1c(SCC(=O)NCc2ccc(Cl)cc2)nnc1-c1cccc(Cl)c1. The number of nitrogens with two attached hydrogens (primary N) is 1. The summed E-state index contributed by atoms with van der Waals surface area (Å²) < 4.78 is 1.35. The van der Waals surface area contributed by atoms with Gasteiger partial charge in [0.2, 0.25) is 11.1 Å². The zero-order valence-electron chi connectivity index (χ0n) is 13.5. The Kier molecular flexibility index (Phi) is 6.03. The lowest BCUT2D eigenvalue weighted by Crippen LogP contribution is -2.25. The molecule has 0 bridgehead atoms. The van der Waals surface area contributed by atoms with Gasteiger partial charge in [0.1, 0.15) is 0 Å². The van der Waals surface area contributed by atoms with Crippen molar-refractivity contribution in [1.82, 2.24) is 20.2 Å². The number of carbonyl (C=O) groups excluding carboxylic acids is 1. The molecule has 0 aliphatic heterocycles. The van der Waals surface area contributed by atoms with Crippen molar-refractivity contribution in [3.63, 3.8) is 0 Å². The Hall–Kier alpha value is -2.22. The van der Waals surface area contributed by atoms with Crippen LogP contribution in [0, 0.1) is 0 Å². The van der Waals surface area contributed by atoms with Crippen LogP contribution in [0.1, 0.15) is 5.56 Å². The molecule has 0 atom stereocenters. The third kappa shape index (κ3) is 4.69. The van der Waals surface area contributed by atoms with E-state index < -0.39 is 0 Å². The van der Waals surface area contributed by atoms with Gasteiger partial charge in [-0.1, -0.05) is 59.2 Å². The van der Waals surface area contributed by atoms with E-state index in [1.54, 1.807) is 24.3 Å². The van der Waals surface area contributed by atoms with E-state index in [9.17, 15) is 4.79 Å². The first-order chi connectivity index (χ1) is 12.5. The highest BCUT2D eigenvalue weighted by molar-refractivity contribution is 7.99. The van der Waals surface area contributed by atoms with E-state index in [2.05, 4.69) is 15.5 Å². The fourth-order valence-electron chi connectivity index (χ4n) is 2.18. The molecule has 6 nitrogen and oxygen atoms in total. The van der Waals surface area contributed by atoms with Gasteiger partial charge in [-0.15, -0.1) is 10.2 Å². The van der Waals surface area contributed by atoms with Crippen molar-refractivity contribution < 1.29 is 4.79 Å². The van der Waals surface area contributed by atoms with Crippen LogP contribution < -0.4 is 11.2 Å². The van der Waals surface area contributed by atoms with Crippen LogP contribution in [0.4, 0.5) is 0 Å². The molecular weight excluding hydrogens is 393 g/mol. The lowest BCUT2D eigenvalue weighted by Gasteiger charge is -2.06. The van der Waals surface area contributed by atoms with Gasteiger partial charge < -0.3 is 11.2 Å². The van der Waals surface area contributed by atoms with Gasteiger partial charge in [-0.2, -0.15) is 0 Å². The van der Waals surface area contributed by atoms with Gasteiger partial charge in [-0.25, -0.2) is 4.68 Å². The highest BCUT2D eigenvalue weighted by Gasteiger charge is 2.14. The van der Waals surface area contributed by atoms with Crippen LogP contribution in [0.25, 0.3) is 11.4 Å². The molecule has 0 aliphatic carbocycles. The van der Waals surface area contributed by atoms with Gasteiger partial charge in [0, 0.05) is 22.2 Å². The van der Waals surface area contributed by atoms with Gasteiger partial charge in [-0.05, 0) is 29.8 Å². The first-order valence-corrected chi connectivity index (χ1v) is 9.37. The van der Waals surface area contributed by atoms with Crippen molar-refractivity contribution in [3.8, 4) is 11.4 Å². The minimum atomic E-state index is -0.128. The Bertz CT molecular complexity index is 914. The number of nitrogens with one attached hydrogen (secondary N) is 1. The lowest BCUT2D eigenvalue weighted by molar-refractivity contribution is -0.118. The number of carbonyl (C=O) groups is 1. The maximum atomic E-state index is 12.0. The fourth-order valence-corrected chi connectivity index (χ4v) is 3.19. The summed E-state index contributed by atoms with van der Waals surface area (Å²) in [6.45, 7) is 0.430. The summed E-state index contributed by atoms with van der Waals surface area (Å²) in [7, 11) is 0. The van der Waals surface area contributed by atoms with Crippen LogP contribution in [0.2, 0.25) is 10.0 Å². The largest absolute Gasteiger partial charge is 0.351 e. The van der Waals surface area contributed by atoms with Crippen LogP contribution in [0.5, 0.6) is 0 Å². The zero-order valence-corrected chi connectivity index (χ0v) is 15.9. The van der Waals surface area contributed by atoms with Crippen LogP contribution in [0.15, 0.2) is 53.7 Å². The molecule has 0 saturated heterocycles. The minimum Gasteiger partial charge on any atom is -0.351 e. The number of hydrogen-bond donors (Lipinski definition) is 2. The van der Waals surface area contributed by atoms with Crippen molar-refractivity contribution >= 4 is 40.9 Å². The Morgan fingerprint density at radius 1 is 1.12 bits per heavy atom. The van der Waals surface area contributed by atoms with E-state index in [1.807, 2.05) is 24.3 Å². The molecule has 0 fully saturated rings.